The molecule has 1 fully saturated rings. The summed E-state index contributed by atoms with van der Waals surface area (Å²) in [5.41, 5.74) is -0.463. The number of fused-ring (bicyclic) bond motifs is 1. The Balaban J connectivity index is 1.76. The molecule has 0 bridgehead atoms. The first-order chi connectivity index (χ1) is 12.0. The highest BCUT2D eigenvalue weighted by molar-refractivity contribution is 5.83. The second-order valence-corrected chi connectivity index (χ2v) is 6.61. The summed E-state index contributed by atoms with van der Waals surface area (Å²) in [6, 6.07) is 0. The second kappa shape index (κ2) is 6.03. The summed E-state index contributed by atoms with van der Waals surface area (Å²) >= 11 is 0. The predicted molar refractivity (Wildman–Crippen MR) is 88.9 cm³/mol. The molecule has 4 rings (SSSR count). The highest BCUT2D eigenvalue weighted by Crippen LogP contribution is 2.39. The minimum atomic E-state index is -1.58. The molecule has 1 saturated heterocycles. The lowest BCUT2D eigenvalue weighted by Gasteiger charge is -2.27. The van der Waals surface area contributed by atoms with Crippen LogP contribution in [0.4, 0.5) is 5.82 Å². The molecule has 134 valence electrons. The summed E-state index contributed by atoms with van der Waals surface area (Å²) < 4.78 is 7.25. The fraction of sp³-hybridized carbons (Fsp3) is 0.562. The van der Waals surface area contributed by atoms with E-state index in [2.05, 4.69) is 32.0 Å². The number of aliphatic hydroxyl groups excluding tert-OH is 2. The standard InChI is InChI=1S/C16H21N5O4/c1-16(24)12(23)10(7-22)25-15(16)21-9-19-11-13(17-8-18-14(11)21)20-5-3-2-4-6-20/h2-3,8-10,12,15,22-24H,4-7H2,1H3/t10-,12-,15-,16-/m1/s1. The van der Waals surface area contributed by atoms with Crippen LogP contribution in [-0.4, -0.2) is 72.3 Å². The molecule has 9 heteroatoms. The van der Waals surface area contributed by atoms with E-state index in [0.717, 1.165) is 25.3 Å². The predicted octanol–water partition coefficient (Wildman–Crippen LogP) is -0.406. The van der Waals surface area contributed by atoms with Gasteiger partial charge in [0.1, 0.15) is 24.1 Å². The third-order valence-electron chi connectivity index (χ3n) is 4.88. The number of anilines is 1. The summed E-state index contributed by atoms with van der Waals surface area (Å²) in [6.45, 7) is 2.68. The zero-order valence-corrected chi connectivity index (χ0v) is 13.9. The van der Waals surface area contributed by atoms with Crippen LogP contribution in [0.15, 0.2) is 24.8 Å². The van der Waals surface area contributed by atoms with E-state index in [9.17, 15) is 15.3 Å². The molecule has 0 aliphatic carbocycles. The SMILES string of the molecule is C[C@@]1(O)[C@H](O)[C@@H](CO)O[C@H]1n1cnc2c(N3CC=CCC3)ncnc21. The van der Waals surface area contributed by atoms with Gasteiger partial charge in [-0.2, -0.15) is 0 Å². The quantitative estimate of drug-likeness (QED) is 0.642. The summed E-state index contributed by atoms with van der Waals surface area (Å²) in [7, 11) is 0. The smallest absolute Gasteiger partial charge is 0.168 e. The van der Waals surface area contributed by atoms with E-state index in [-0.39, 0.29) is 6.61 Å². The average Bonchev–Trinajstić information content (AvgIpc) is 3.15. The third kappa shape index (κ3) is 2.51. The molecule has 2 aliphatic rings. The van der Waals surface area contributed by atoms with Crippen LogP contribution < -0.4 is 4.90 Å². The number of aromatic nitrogens is 4. The van der Waals surface area contributed by atoms with Crippen molar-refractivity contribution in [2.45, 2.75) is 37.4 Å². The van der Waals surface area contributed by atoms with E-state index in [1.807, 2.05) is 0 Å². The van der Waals surface area contributed by atoms with Crippen molar-refractivity contribution in [2.75, 3.05) is 24.6 Å². The van der Waals surface area contributed by atoms with Crippen molar-refractivity contribution in [3.8, 4) is 0 Å². The van der Waals surface area contributed by atoms with E-state index < -0.39 is 24.0 Å². The highest BCUT2D eigenvalue weighted by atomic mass is 16.6. The maximum atomic E-state index is 10.7. The molecule has 25 heavy (non-hydrogen) atoms. The first kappa shape index (κ1) is 16.4. The van der Waals surface area contributed by atoms with Gasteiger partial charge in [-0.05, 0) is 13.3 Å². The highest BCUT2D eigenvalue weighted by Gasteiger charge is 2.53. The van der Waals surface area contributed by atoms with E-state index in [1.54, 1.807) is 4.57 Å². The number of aliphatic hydroxyl groups is 3. The Morgan fingerprint density at radius 2 is 2.16 bits per heavy atom. The summed E-state index contributed by atoms with van der Waals surface area (Å²) in [5, 5.41) is 30.2. The van der Waals surface area contributed by atoms with E-state index in [4.69, 9.17) is 4.74 Å². The molecular weight excluding hydrogens is 326 g/mol. The minimum Gasteiger partial charge on any atom is -0.394 e. The Morgan fingerprint density at radius 3 is 2.84 bits per heavy atom. The number of imidazole rings is 1. The number of rotatable bonds is 3. The lowest BCUT2D eigenvalue weighted by Crippen LogP contribution is -2.44. The van der Waals surface area contributed by atoms with Gasteiger partial charge in [0.2, 0.25) is 0 Å². The van der Waals surface area contributed by atoms with Crippen LogP contribution in [0.3, 0.4) is 0 Å². The van der Waals surface area contributed by atoms with E-state index in [0.29, 0.717) is 11.2 Å². The molecule has 0 radical (unpaired) electrons. The van der Waals surface area contributed by atoms with Gasteiger partial charge in [-0.1, -0.05) is 12.2 Å². The number of nitrogens with zero attached hydrogens (tertiary/aromatic N) is 5. The molecule has 2 aromatic rings. The minimum absolute atomic E-state index is 0.388. The van der Waals surface area contributed by atoms with Crippen molar-refractivity contribution in [1.29, 1.82) is 0 Å². The topological polar surface area (TPSA) is 117 Å². The summed E-state index contributed by atoms with van der Waals surface area (Å²) in [5.74, 6) is 0.727. The summed E-state index contributed by atoms with van der Waals surface area (Å²) in [4.78, 5) is 15.2. The third-order valence-corrected chi connectivity index (χ3v) is 4.88. The molecule has 0 aromatic carbocycles. The normalized spacial score (nSPS) is 32.6. The number of hydrogen-bond acceptors (Lipinski definition) is 8. The van der Waals surface area contributed by atoms with Crippen LogP contribution in [-0.2, 0) is 4.74 Å². The molecule has 0 amide bonds. The fourth-order valence-corrected chi connectivity index (χ4v) is 3.47. The van der Waals surface area contributed by atoms with Crippen molar-refractivity contribution in [1.82, 2.24) is 19.5 Å². The van der Waals surface area contributed by atoms with Crippen LogP contribution in [0.25, 0.3) is 11.2 Å². The fourth-order valence-electron chi connectivity index (χ4n) is 3.47. The van der Waals surface area contributed by atoms with Crippen molar-refractivity contribution in [2.24, 2.45) is 0 Å². The van der Waals surface area contributed by atoms with Crippen LogP contribution in [0.2, 0.25) is 0 Å². The van der Waals surface area contributed by atoms with Gasteiger partial charge in [0.15, 0.2) is 23.2 Å². The molecule has 2 aliphatic heterocycles. The Labute approximate surface area is 144 Å². The Morgan fingerprint density at radius 1 is 1.32 bits per heavy atom. The van der Waals surface area contributed by atoms with Gasteiger partial charge in [-0.3, -0.25) is 4.57 Å². The number of ether oxygens (including phenoxy) is 1. The van der Waals surface area contributed by atoms with Crippen molar-refractivity contribution in [3.05, 3.63) is 24.8 Å². The Hall–Kier alpha value is -2.07. The first-order valence-corrected chi connectivity index (χ1v) is 8.28. The second-order valence-electron chi connectivity index (χ2n) is 6.61. The lowest BCUT2D eigenvalue weighted by atomic mass is 9.96. The van der Waals surface area contributed by atoms with Crippen LogP contribution in [0, 0.1) is 0 Å². The van der Waals surface area contributed by atoms with Gasteiger partial charge in [0.05, 0.1) is 12.9 Å². The molecule has 0 saturated carbocycles. The van der Waals surface area contributed by atoms with Gasteiger partial charge in [0, 0.05) is 13.1 Å². The lowest BCUT2D eigenvalue weighted by molar-refractivity contribution is -0.0950. The molecule has 9 nitrogen and oxygen atoms in total. The van der Waals surface area contributed by atoms with Crippen LogP contribution in [0.1, 0.15) is 19.6 Å². The molecule has 4 atom stereocenters. The van der Waals surface area contributed by atoms with E-state index in [1.165, 1.54) is 19.6 Å². The maximum Gasteiger partial charge on any atom is 0.168 e. The van der Waals surface area contributed by atoms with E-state index >= 15 is 0 Å². The summed E-state index contributed by atoms with van der Waals surface area (Å²) in [6.07, 6.45) is 5.14. The Bertz CT molecular complexity index is 805. The van der Waals surface area contributed by atoms with Crippen LogP contribution in [0.5, 0.6) is 0 Å². The Kier molecular flexibility index (Phi) is 3.95. The van der Waals surface area contributed by atoms with Gasteiger partial charge in [-0.25, -0.2) is 15.0 Å². The van der Waals surface area contributed by atoms with Gasteiger partial charge in [-0.15, -0.1) is 0 Å². The zero-order valence-electron chi connectivity index (χ0n) is 13.9. The molecule has 0 spiro atoms. The molecule has 3 N–H and O–H groups in total. The number of hydrogen-bond donors (Lipinski definition) is 3. The van der Waals surface area contributed by atoms with Gasteiger partial charge < -0.3 is 25.0 Å². The molecular formula is C16H21N5O4. The average molecular weight is 347 g/mol. The molecule has 4 heterocycles. The van der Waals surface area contributed by atoms with Crippen molar-refractivity contribution in [3.63, 3.8) is 0 Å². The monoisotopic (exact) mass is 347 g/mol. The van der Waals surface area contributed by atoms with Gasteiger partial charge in [0.25, 0.3) is 0 Å². The largest absolute Gasteiger partial charge is 0.394 e. The van der Waals surface area contributed by atoms with Crippen molar-refractivity contribution >= 4 is 17.0 Å². The van der Waals surface area contributed by atoms with Gasteiger partial charge >= 0.3 is 0 Å². The van der Waals surface area contributed by atoms with Crippen molar-refractivity contribution < 1.29 is 20.1 Å². The zero-order chi connectivity index (χ0) is 17.6. The molecule has 0 unspecified atom stereocenters. The molecule has 2 aromatic heterocycles. The first-order valence-electron chi connectivity index (χ1n) is 8.28. The van der Waals surface area contributed by atoms with Crippen LogP contribution >= 0.6 is 0 Å². The maximum absolute atomic E-state index is 10.7.